The molecular formula is C13H15ClN2O2. The van der Waals surface area contributed by atoms with E-state index in [1.807, 2.05) is 13.0 Å². The van der Waals surface area contributed by atoms with Gasteiger partial charge in [0.15, 0.2) is 0 Å². The van der Waals surface area contributed by atoms with E-state index in [0.717, 1.165) is 5.56 Å². The van der Waals surface area contributed by atoms with Gasteiger partial charge in [0.25, 0.3) is 0 Å². The van der Waals surface area contributed by atoms with Crippen LogP contribution in [0.25, 0.3) is 0 Å². The molecule has 0 spiro atoms. The molecule has 5 heteroatoms. The topological polar surface area (TPSA) is 92.5 Å². The van der Waals surface area contributed by atoms with Crippen LogP contribution in [0.1, 0.15) is 5.56 Å². The van der Waals surface area contributed by atoms with Crippen LogP contribution in [-0.2, 0) is 0 Å². The molecule has 2 rings (SSSR count). The van der Waals surface area contributed by atoms with Gasteiger partial charge < -0.3 is 21.7 Å². The average molecular weight is 267 g/mol. The molecule has 0 fully saturated rings. The van der Waals surface area contributed by atoms with Gasteiger partial charge in [-0.1, -0.05) is 17.7 Å². The largest absolute Gasteiger partial charge is 0.506 e. The molecule has 2 aromatic rings. The molecule has 0 heterocycles. The SMILES string of the molecule is Cc1ccc(O)c(N)c1.Nc1ccc(O)c(Cl)c1. The Hall–Kier alpha value is -2.07. The fourth-order valence-electron chi connectivity index (χ4n) is 1.20. The molecule has 0 unspecified atom stereocenters. The van der Waals surface area contributed by atoms with Crippen molar-refractivity contribution >= 4 is 23.0 Å². The van der Waals surface area contributed by atoms with E-state index in [2.05, 4.69) is 0 Å². The number of rotatable bonds is 0. The molecule has 96 valence electrons. The Labute approximate surface area is 110 Å². The molecule has 0 saturated carbocycles. The molecule has 0 saturated heterocycles. The lowest BCUT2D eigenvalue weighted by Gasteiger charge is -1.97. The van der Waals surface area contributed by atoms with Crippen LogP contribution in [0.2, 0.25) is 5.02 Å². The zero-order valence-electron chi connectivity index (χ0n) is 9.89. The van der Waals surface area contributed by atoms with Crippen molar-refractivity contribution in [1.82, 2.24) is 0 Å². The van der Waals surface area contributed by atoms with Gasteiger partial charge in [0.1, 0.15) is 11.5 Å². The molecule has 0 bridgehead atoms. The highest BCUT2D eigenvalue weighted by Crippen LogP contribution is 2.24. The maximum absolute atomic E-state index is 8.92. The summed E-state index contributed by atoms with van der Waals surface area (Å²) in [6, 6.07) is 9.67. The van der Waals surface area contributed by atoms with E-state index < -0.39 is 0 Å². The second-order valence-electron chi connectivity index (χ2n) is 3.77. The molecule has 18 heavy (non-hydrogen) atoms. The summed E-state index contributed by atoms with van der Waals surface area (Å²) in [6.07, 6.45) is 0. The van der Waals surface area contributed by atoms with E-state index in [-0.39, 0.29) is 16.5 Å². The van der Waals surface area contributed by atoms with Crippen LogP contribution < -0.4 is 11.5 Å². The molecule has 4 nitrogen and oxygen atoms in total. The molecule has 0 aliphatic heterocycles. The molecule has 0 atom stereocenters. The lowest BCUT2D eigenvalue weighted by Crippen LogP contribution is -1.85. The van der Waals surface area contributed by atoms with Gasteiger partial charge in [-0.05, 0) is 42.8 Å². The van der Waals surface area contributed by atoms with Crippen LogP contribution in [0, 0.1) is 6.92 Å². The van der Waals surface area contributed by atoms with Gasteiger partial charge in [-0.3, -0.25) is 0 Å². The van der Waals surface area contributed by atoms with Crippen LogP contribution >= 0.6 is 11.6 Å². The Bertz CT molecular complexity index is 495. The first-order valence-electron chi connectivity index (χ1n) is 5.19. The van der Waals surface area contributed by atoms with E-state index >= 15 is 0 Å². The van der Waals surface area contributed by atoms with Gasteiger partial charge in [-0.15, -0.1) is 0 Å². The van der Waals surface area contributed by atoms with Crippen molar-refractivity contribution in [2.24, 2.45) is 0 Å². The van der Waals surface area contributed by atoms with Crippen molar-refractivity contribution in [3.8, 4) is 11.5 Å². The minimum Gasteiger partial charge on any atom is -0.506 e. The van der Waals surface area contributed by atoms with E-state index in [0.29, 0.717) is 11.4 Å². The van der Waals surface area contributed by atoms with Crippen molar-refractivity contribution in [3.63, 3.8) is 0 Å². The summed E-state index contributed by atoms with van der Waals surface area (Å²) >= 11 is 5.48. The number of phenolic OH excluding ortho intramolecular Hbond substituents is 2. The van der Waals surface area contributed by atoms with Crippen molar-refractivity contribution in [3.05, 3.63) is 47.0 Å². The first-order valence-corrected chi connectivity index (χ1v) is 5.57. The van der Waals surface area contributed by atoms with Crippen molar-refractivity contribution in [2.45, 2.75) is 6.92 Å². The highest BCUT2D eigenvalue weighted by atomic mass is 35.5. The van der Waals surface area contributed by atoms with Crippen LogP contribution in [0.5, 0.6) is 11.5 Å². The molecule has 0 radical (unpaired) electrons. The van der Waals surface area contributed by atoms with E-state index in [1.54, 1.807) is 18.2 Å². The number of nitrogen functional groups attached to an aromatic ring is 2. The highest BCUT2D eigenvalue weighted by Gasteiger charge is 1.94. The third-order valence-electron chi connectivity index (χ3n) is 2.15. The third-order valence-corrected chi connectivity index (χ3v) is 2.46. The number of hydrogen-bond donors (Lipinski definition) is 4. The number of aryl methyl sites for hydroxylation is 1. The summed E-state index contributed by atoms with van der Waals surface area (Å²) in [5.41, 5.74) is 12.8. The quantitative estimate of drug-likeness (QED) is 0.335. The van der Waals surface area contributed by atoms with Crippen molar-refractivity contribution in [1.29, 1.82) is 0 Å². The predicted molar refractivity (Wildman–Crippen MR) is 74.8 cm³/mol. The minimum absolute atomic E-state index is 0.0610. The Morgan fingerprint density at radius 2 is 1.56 bits per heavy atom. The number of benzene rings is 2. The fourth-order valence-corrected chi connectivity index (χ4v) is 1.39. The summed E-state index contributed by atoms with van der Waals surface area (Å²) < 4.78 is 0. The Morgan fingerprint density at radius 1 is 0.944 bits per heavy atom. The van der Waals surface area contributed by atoms with Crippen LogP contribution in [0.15, 0.2) is 36.4 Å². The van der Waals surface area contributed by atoms with Gasteiger partial charge >= 0.3 is 0 Å². The standard InChI is InChI=1S/C7H9NO.C6H6ClNO/c1-5-2-3-7(9)6(8)4-5;7-5-3-4(8)1-2-6(5)9/h2-4,9H,8H2,1H3;1-3,9H,8H2. The van der Waals surface area contributed by atoms with Crippen molar-refractivity contribution in [2.75, 3.05) is 11.5 Å². The average Bonchev–Trinajstić information content (AvgIpc) is 2.30. The van der Waals surface area contributed by atoms with Crippen LogP contribution in [0.4, 0.5) is 11.4 Å². The zero-order valence-corrected chi connectivity index (χ0v) is 10.6. The van der Waals surface area contributed by atoms with Gasteiger partial charge in [0.2, 0.25) is 0 Å². The molecular weight excluding hydrogens is 252 g/mol. The van der Waals surface area contributed by atoms with Crippen LogP contribution in [-0.4, -0.2) is 10.2 Å². The number of nitrogens with two attached hydrogens (primary N) is 2. The monoisotopic (exact) mass is 266 g/mol. The summed E-state index contributed by atoms with van der Waals surface area (Å²) in [7, 11) is 0. The smallest absolute Gasteiger partial charge is 0.138 e. The molecule has 0 aliphatic carbocycles. The van der Waals surface area contributed by atoms with Gasteiger partial charge in [-0.25, -0.2) is 0 Å². The molecule has 0 aliphatic rings. The lowest BCUT2D eigenvalue weighted by atomic mass is 10.2. The number of halogens is 1. The van der Waals surface area contributed by atoms with Gasteiger partial charge in [0, 0.05) is 5.69 Å². The molecule has 6 N–H and O–H groups in total. The van der Waals surface area contributed by atoms with E-state index in [9.17, 15) is 0 Å². The Morgan fingerprint density at radius 3 is 2.00 bits per heavy atom. The second kappa shape index (κ2) is 6.02. The Balaban J connectivity index is 0.000000180. The predicted octanol–water partition coefficient (Wildman–Crippen LogP) is 2.91. The summed E-state index contributed by atoms with van der Waals surface area (Å²) in [4.78, 5) is 0. The number of hydrogen-bond acceptors (Lipinski definition) is 4. The summed E-state index contributed by atoms with van der Waals surface area (Å²) in [5.74, 6) is 0.214. The first-order chi connectivity index (χ1) is 8.40. The minimum atomic E-state index is 0.0610. The van der Waals surface area contributed by atoms with E-state index in [1.165, 1.54) is 12.1 Å². The number of phenols is 2. The second-order valence-corrected chi connectivity index (χ2v) is 4.18. The third kappa shape index (κ3) is 4.07. The summed E-state index contributed by atoms with van der Waals surface area (Å²) in [6.45, 7) is 1.93. The summed E-state index contributed by atoms with van der Waals surface area (Å²) in [5, 5.41) is 18.1. The molecule has 0 amide bonds. The van der Waals surface area contributed by atoms with Crippen molar-refractivity contribution < 1.29 is 10.2 Å². The van der Waals surface area contributed by atoms with Gasteiger partial charge in [0.05, 0.1) is 10.7 Å². The van der Waals surface area contributed by atoms with E-state index in [4.69, 9.17) is 33.3 Å². The number of aromatic hydroxyl groups is 2. The normalized spacial score (nSPS) is 9.44. The molecule has 0 aromatic heterocycles. The van der Waals surface area contributed by atoms with Gasteiger partial charge in [-0.2, -0.15) is 0 Å². The molecule has 2 aromatic carbocycles. The van der Waals surface area contributed by atoms with Crippen LogP contribution in [0.3, 0.4) is 0 Å². The first kappa shape index (κ1) is 14.0. The highest BCUT2D eigenvalue weighted by molar-refractivity contribution is 6.32. The maximum Gasteiger partial charge on any atom is 0.138 e. The Kier molecular flexibility index (Phi) is 4.68. The maximum atomic E-state index is 8.92. The lowest BCUT2D eigenvalue weighted by molar-refractivity contribution is 0.475. The number of anilines is 2. The fraction of sp³-hybridized carbons (Fsp3) is 0.0769. The zero-order chi connectivity index (χ0) is 13.7.